The molecule has 1 aliphatic rings. The van der Waals surface area contributed by atoms with Crippen LogP contribution >= 0.6 is 0 Å². The van der Waals surface area contributed by atoms with Gasteiger partial charge < -0.3 is 13.9 Å². The van der Waals surface area contributed by atoms with Gasteiger partial charge in [-0.1, -0.05) is 30.3 Å². The van der Waals surface area contributed by atoms with E-state index in [4.69, 9.17) is 9.40 Å². The summed E-state index contributed by atoms with van der Waals surface area (Å²) < 4.78 is 7.58. The lowest BCUT2D eigenvalue weighted by atomic mass is 10.0. The van der Waals surface area contributed by atoms with E-state index in [1.54, 1.807) is 11.6 Å². The van der Waals surface area contributed by atoms with Crippen molar-refractivity contribution in [3.8, 4) is 6.07 Å². The Morgan fingerprint density at radius 1 is 1.10 bits per heavy atom. The Balaban J connectivity index is 1.52. The summed E-state index contributed by atoms with van der Waals surface area (Å²) in [6, 6.07) is 17.8. The molecule has 2 aromatic carbocycles. The minimum absolute atomic E-state index is 0.219. The maximum Gasteiger partial charge on any atom is 0.270 e. The van der Waals surface area contributed by atoms with E-state index < -0.39 is 0 Å². The maximum absolute atomic E-state index is 12.8. The summed E-state index contributed by atoms with van der Waals surface area (Å²) >= 11 is 0. The topological polar surface area (TPSA) is 75.1 Å². The van der Waals surface area contributed by atoms with E-state index in [0.717, 1.165) is 65.9 Å². The van der Waals surface area contributed by atoms with Crippen molar-refractivity contribution in [1.29, 1.82) is 5.26 Å². The first-order valence-electron chi connectivity index (χ1n) is 10.3. The average molecular weight is 398 g/mol. The first-order valence-corrected chi connectivity index (χ1v) is 10.3. The van der Waals surface area contributed by atoms with Gasteiger partial charge in [-0.25, -0.2) is 4.98 Å². The fourth-order valence-electron chi connectivity index (χ4n) is 4.54. The molecule has 0 aliphatic carbocycles. The number of fused-ring (bicyclic) bond motifs is 2. The Morgan fingerprint density at radius 3 is 2.73 bits per heavy atom. The molecule has 4 aromatic rings. The van der Waals surface area contributed by atoms with Gasteiger partial charge in [0.2, 0.25) is 0 Å². The van der Waals surface area contributed by atoms with Crippen LogP contribution in [-0.4, -0.2) is 22.6 Å². The normalized spacial score (nSPS) is 17.2. The summed E-state index contributed by atoms with van der Waals surface area (Å²) in [5, 5.41) is 10.7. The standard InChI is InChI=1S/C24H22N4O2/c1-27-20-10-4-2-8-17(20)22(18(15-25)24(27)29)28-13-6-7-16(12-14-28)23-26-19-9-3-5-11-21(19)30-23/h2-5,8-11,16H,6-7,12-14H2,1H3/t16-/m1/s1. The van der Waals surface area contributed by atoms with Crippen LogP contribution in [0.2, 0.25) is 0 Å². The molecule has 1 fully saturated rings. The molecule has 0 amide bonds. The Bertz CT molecular complexity index is 1310. The molecule has 1 saturated heterocycles. The molecule has 1 aliphatic heterocycles. The molecular weight excluding hydrogens is 376 g/mol. The van der Waals surface area contributed by atoms with Crippen molar-refractivity contribution in [2.24, 2.45) is 7.05 Å². The first kappa shape index (κ1) is 18.4. The van der Waals surface area contributed by atoms with Gasteiger partial charge in [-0.2, -0.15) is 5.26 Å². The molecule has 30 heavy (non-hydrogen) atoms. The van der Waals surface area contributed by atoms with E-state index in [1.807, 2.05) is 48.5 Å². The van der Waals surface area contributed by atoms with Crippen molar-refractivity contribution in [1.82, 2.24) is 9.55 Å². The minimum atomic E-state index is -0.244. The third-order valence-electron chi connectivity index (χ3n) is 6.09. The van der Waals surface area contributed by atoms with Gasteiger partial charge in [0, 0.05) is 31.4 Å². The van der Waals surface area contributed by atoms with E-state index in [9.17, 15) is 10.1 Å². The molecule has 0 spiro atoms. The first-order chi connectivity index (χ1) is 14.7. The van der Waals surface area contributed by atoms with Gasteiger partial charge in [-0.3, -0.25) is 4.79 Å². The fourth-order valence-corrected chi connectivity index (χ4v) is 4.54. The van der Waals surface area contributed by atoms with Crippen molar-refractivity contribution in [2.75, 3.05) is 18.0 Å². The number of benzene rings is 2. The molecule has 0 bridgehead atoms. The number of rotatable bonds is 2. The minimum Gasteiger partial charge on any atom is -0.440 e. The molecule has 0 unspecified atom stereocenters. The van der Waals surface area contributed by atoms with E-state index in [0.29, 0.717) is 0 Å². The number of oxazole rings is 1. The molecule has 150 valence electrons. The van der Waals surface area contributed by atoms with Crippen LogP contribution in [-0.2, 0) is 7.05 Å². The predicted octanol–water partition coefficient (Wildman–Crippen LogP) is 4.33. The summed E-state index contributed by atoms with van der Waals surface area (Å²) in [7, 11) is 1.72. The van der Waals surface area contributed by atoms with Gasteiger partial charge in [-0.05, 0) is 37.5 Å². The molecule has 1 atom stereocenters. The summed E-state index contributed by atoms with van der Waals surface area (Å²) in [4.78, 5) is 19.7. The fraction of sp³-hybridized carbons (Fsp3) is 0.292. The molecule has 0 radical (unpaired) electrons. The quantitative estimate of drug-likeness (QED) is 0.502. The Hall–Kier alpha value is -3.59. The number of hydrogen-bond donors (Lipinski definition) is 0. The summed E-state index contributed by atoms with van der Waals surface area (Å²) in [6.07, 6.45) is 2.77. The summed E-state index contributed by atoms with van der Waals surface area (Å²) in [5.74, 6) is 1.01. The number of nitrogens with zero attached hydrogens (tertiary/aromatic N) is 4. The van der Waals surface area contributed by atoms with E-state index in [2.05, 4.69) is 11.0 Å². The number of aryl methyl sites for hydroxylation is 1. The molecule has 0 saturated carbocycles. The van der Waals surface area contributed by atoms with Crippen molar-refractivity contribution in [2.45, 2.75) is 25.2 Å². The summed E-state index contributed by atoms with van der Waals surface area (Å²) in [6.45, 7) is 1.54. The highest BCUT2D eigenvalue weighted by Crippen LogP contribution is 2.34. The second kappa shape index (κ2) is 7.34. The van der Waals surface area contributed by atoms with Gasteiger partial charge in [0.15, 0.2) is 11.5 Å². The molecular formula is C24H22N4O2. The predicted molar refractivity (Wildman–Crippen MR) is 117 cm³/mol. The van der Waals surface area contributed by atoms with Crippen LogP contribution < -0.4 is 10.5 Å². The Labute approximate surface area is 174 Å². The zero-order valence-electron chi connectivity index (χ0n) is 16.8. The molecule has 0 N–H and O–H groups in total. The number of anilines is 1. The van der Waals surface area contributed by atoms with Crippen LogP contribution in [0.3, 0.4) is 0 Å². The van der Waals surface area contributed by atoms with Crippen molar-refractivity contribution in [3.05, 3.63) is 70.3 Å². The Kier molecular flexibility index (Phi) is 4.51. The van der Waals surface area contributed by atoms with Crippen LogP contribution in [0.25, 0.3) is 22.0 Å². The molecule has 2 aromatic heterocycles. The van der Waals surface area contributed by atoms with Gasteiger partial charge in [0.1, 0.15) is 17.1 Å². The van der Waals surface area contributed by atoms with Crippen molar-refractivity contribution < 1.29 is 4.42 Å². The molecule has 5 rings (SSSR count). The third-order valence-corrected chi connectivity index (χ3v) is 6.09. The van der Waals surface area contributed by atoms with E-state index in [1.165, 1.54) is 0 Å². The van der Waals surface area contributed by atoms with Gasteiger partial charge in [-0.15, -0.1) is 0 Å². The lowest BCUT2D eigenvalue weighted by Crippen LogP contribution is -2.30. The second-order valence-corrected chi connectivity index (χ2v) is 7.85. The van der Waals surface area contributed by atoms with Crippen LogP contribution in [0, 0.1) is 11.3 Å². The van der Waals surface area contributed by atoms with Gasteiger partial charge in [0.25, 0.3) is 5.56 Å². The monoisotopic (exact) mass is 398 g/mol. The van der Waals surface area contributed by atoms with Crippen LogP contribution in [0.1, 0.15) is 36.6 Å². The van der Waals surface area contributed by atoms with Crippen LogP contribution in [0.15, 0.2) is 57.7 Å². The third kappa shape index (κ3) is 2.94. The lowest BCUT2D eigenvalue weighted by molar-refractivity contribution is 0.445. The largest absolute Gasteiger partial charge is 0.440 e. The highest BCUT2D eigenvalue weighted by Gasteiger charge is 2.26. The Morgan fingerprint density at radius 2 is 1.90 bits per heavy atom. The van der Waals surface area contributed by atoms with Crippen LogP contribution in [0.5, 0.6) is 0 Å². The SMILES string of the molecule is Cn1c(=O)c(C#N)c(N2CCC[C@@H](c3nc4ccccc4o3)CC2)c2ccccc21. The van der Waals surface area contributed by atoms with E-state index in [-0.39, 0.29) is 17.0 Å². The van der Waals surface area contributed by atoms with Crippen LogP contribution in [0.4, 0.5) is 5.69 Å². The van der Waals surface area contributed by atoms with Crippen molar-refractivity contribution in [3.63, 3.8) is 0 Å². The number of nitriles is 1. The smallest absolute Gasteiger partial charge is 0.270 e. The van der Waals surface area contributed by atoms with Crippen molar-refractivity contribution >= 4 is 27.7 Å². The number of aromatic nitrogens is 2. The molecule has 6 nitrogen and oxygen atoms in total. The lowest BCUT2D eigenvalue weighted by Gasteiger charge is -2.26. The zero-order chi connectivity index (χ0) is 20.7. The highest BCUT2D eigenvalue weighted by molar-refractivity contribution is 5.94. The highest BCUT2D eigenvalue weighted by atomic mass is 16.3. The number of pyridine rings is 1. The van der Waals surface area contributed by atoms with Gasteiger partial charge >= 0.3 is 0 Å². The van der Waals surface area contributed by atoms with Gasteiger partial charge in [0.05, 0.1) is 11.2 Å². The zero-order valence-corrected chi connectivity index (χ0v) is 16.8. The maximum atomic E-state index is 12.8. The number of para-hydroxylation sites is 3. The average Bonchev–Trinajstić information content (AvgIpc) is 3.06. The molecule has 3 heterocycles. The molecule has 6 heteroatoms. The second-order valence-electron chi connectivity index (χ2n) is 7.85. The number of hydrogen-bond acceptors (Lipinski definition) is 5. The summed E-state index contributed by atoms with van der Waals surface area (Å²) in [5.41, 5.74) is 3.28. The van der Waals surface area contributed by atoms with E-state index >= 15 is 0 Å².